The number of phenols is 1. The lowest BCUT2D eigenvalue weighted by atomic mass is 9.76. The van der Waals surface area contributed by atoms with Crippen LogP contribution in [-0.2, 0) is 10.8 Å². The Labute approximate surface area is 267 Å². The van der Waals surface area contributed by atoms with Gasteiger partial charge < -0.3 is 19.9 Å². The van der Waals surface area contributed by atoms with Gasteiger partial charge in [-0.2, -0.15) is 5.11 Å². The van der Waals surface area contributed by atoms with Gasteiger partial charge >= 0.3 is 0 Å². The van der Waals surface area contributed by atoms with Crippen LogP contribution in [0.5, 0.6) is 17.2 Å². The highest BCUT2D eigenvalue weighted by atomic mass is 16.5. The summed E-state index contributed by atoms with van der Waals surface area (Å²) in [6, 6.07) is 22.7. The zero-order valence-corrected chi connectivity index (χ0v) is 27.7. The van der Waals surface area contributed by atoms with Gasteiger partial charge in [0.15, 0.2) is 0 Å². The molecule has 0 aliphatic heterocycles. The number of carbonyl (C=O) groups is 1. The number of azo groups is 1. The van der Waals surface area contributed by atoms with Gasteiger partial charge in [-0.25, -0.2) is 0 Å². The quantitative estimate of drug-likeness (QED) is 0.110. The lowest BCUT2D eigenvalue weighted by Crippen LogP contribution is -2.25. The van der Waals surface area contributed by atoms with E-state index < -0.39 is 0 Å². The topological polar surface area (TPSA) is 92.5 Å². The van der Waals surface area contributed by atoms with E-state index in [1.54, 1.807) is 31.4 Å². The number of unbranched alkanes of at least 4 members (excludes halogenated alkanes) is 1. The maximum atomic E-state index is 13.2. The molecule has 7 nitrogen and oxygen atoms in total. The summed E-state index contributed by atoms with van der Waals surface area (Å²) in [4.78, 5) is 13.2. The summed E-state index contributed by atoms with van der Waals surface area (Å²) in [5.74, 6) is 1.22. The Balaban J connectivity index is 1.40. The van der Waals surface area contributed by atoms with Crippen LogP contribution >= 0.6 is 0 Å². The molecule has 7 heteroatoms. The first kappa shape index (κ1) is 33.5. The van der Waals surface area contributed by atoms with Crippen molar-refractivity contribution in [3.8, 4) is 17.2 Å². The SMILES string of the molecule is CCC(C)(C)c1ccc(OCCCCNC(=O)c2cc(N=Nc3ccc(OC)cc3)c3ccccc3c2O)c(C(C)(C)CC)c1. The number of fused-ring (bicyclic) bond motifs is 1. The van der Waals surface area contributed by atoms with Gasteiger partial charge in [0.1, 0.15) is 17.2 Å². The van der Waals surface area contributed by atoms with Crippen LogP contribution in [0, 0.1) is 0 Å². The molecular weight excluding hydrogens is 562 g/mol. The number of hydrogen-bond acceptors (Lipinski definition) is 6. The number of nitrogens with zero attached hydrogens (tertiary/aromatic N) is 2. The van der Waals surface area contributed by atoms with Crippen LogP contribution in [0.4, 0.5) is 11.4 Å². The summed E-state index contributed by atoms with van der Waals surface area (Å²) in [5.41, 5.74) is 3.98. The fourth-order valence-corrected chi connectivity index (χ4v) is 5.06. The van der Waals surface area contributed by atoms with Crippen LogP contribution in [0.2, 0.25) is 0 Å². The summed E-state index contributed by atoms with van der Waals surface area (Å²) in [6.07, 6.45) is 3.59. The molecule has 0 bridgehead atoms. The largest absolute Gasteiger partial charge is 0.506 e. The van der Waals surface area contributed by atoms with E-state index in [2.05, 4.69) is 75.3 Å². The van der Waals surface area contributed by atoms with Crippen molar-refractivity contribution in [3.05, 3.63) is 89.5 Å². The van der Waals surface area contributed by atoms with Gasteiger partial charge in [-0.3, -0.25) is 4.79 Å². The van der Waals surface area contributed by atoms with Crippen LogP contribution in [0.3, 0.4) is 0 Å². The van der Waals surface area contributed by atoms with Crippen molar-refractivity contribution in [1.82, 2.24) is 5.32 Å². The maximum absolute atomic E-state index is 13.2. The summed E-state index contributed by atoms with van der Waals surface area (Å²) in [7, 11) is 1.61. The van der Waals surface area contributed by atoms with E-state index in [4.69, 9.17) is 9.47 Å². The molecular formula is C38H47N3O4. The van der Waals surface area contributed by atoms with Gasteiger partial charge in [-0.05, 0) is 78.5 Å². The minimum atomic E-state index is -0.360. The molecule has 0 heterocycles. The third kappa shape index (κ3) is 8.01. The third-order valence-electron chi connectivity index (χ3n) is 8.96. The van der Waals surface area contributed by atoms with Crippen molar-refractivity contribution >= 4 is 28.1 Å². The average molecular weight is 610 g/mol. The number of aromatic hydroxyl groups is 1. The Kier molecular flexibility index (Phi) is 10.9. The predicted octanol–water partition coefficient (Wildman–Crippen LogP) is 9.93. The predicted molar refractivity (Wildman–Crippen MR) is 183 cm³/mol. The van der Waals surface area contributed by atoms with E-state index in [0.29, 0.717) is 35.3 Å². The number of benzene rings is 4. The van der Waals surface area contributed by atoms with E-state index in [1.807, 2.05) is 30.3 Å². The molecule has 0 atom stereocenters. The summed E-state index contributed by atoms with van der Waals surface area (Å²) in [6.45, 7) is 14.5. The smallest absolute Gasteiger partial charge is 0.255 e. The summed E-state index contributed by atoms with van der Waals surface area (Å²) < 4.78 is 11.5. The standard InChI is InChI=1S/C38H47N3O4/c1-8-37(3,4)26-16-21-34(32(24-26)38(5,6)9-2)45-23-13-12-22-39-36(43)31-25-33(29-14-10-11-15-30(29)35(31)42)41-40-27-17-19-28(44-7)20-18-27/h10-11,14-21,24-25,42H,8-9,12-13,22-23H2,1-7H3,(H,39,43). The number of amides is 1. The molecule has 238 valence electrons. The second-order valence-corrected chi connectivity index (χ2v) is 12.7. The number of phenolic OH excluding ortho intramolecular Hbond substituents is 1. The minimum absolute atomic E-state index is 0.00193. The van der Waals surface area contributed by atoms with E-state index >= 15 is 0 Å². The highest BCUT2D eigenvalue weighted by Crippen LogP contribution is 2.39. The van der Waals surface area contributed by atoms with Crippen molar-refractivity contribution in [2.75, 3.05) is 20.3 Å². The molecule has 0 saturated heterocycles. The Hall–Kier alpha value is -4.39. The number of nitrogens with one attached hydrogen (secondary N) is 1. The second-order valence-electron chi connectivity index (χ2n) is 12.7. The molecule has 0 aromatic heterocycles. The number of methoxy groups -OCH3 is 1. The lowest BCUT2D eigenvalue weighted by molar-refractivity contribution is 0.0950. The summed E-state index contributed by atoms with van der Waals surface area (Å²) in [5, 5.41) is 24.0. The van der Waals surface area contributed by atoms with Crippen LogP contribution < -0.4 is 14.8 Å². The first-order chi connectivity index (χ1) is 21.5. The Morgan fingerprint density at radius 1 is 0.844 bits per heavy atom. The zero-order valence-electron chi connectivity index (χ0n) is 27.7. The van der Waals surface area contributed by atoms with Gasteiger partial charge in [0, 0.05) is 22.9 Å². The van der Waals surface area contributed by atoms with Crippen LogP contribution in [0.25, 0.3) is 10.8 Å². The van der Waals surface area contributed by atoms with Crippen molar-refractivity contribution in [1.29, 1.82) is 0 Å². The van der Waals surface area contributed by atoms with E-state index in [0.717, 1.165) is 37.2 Å². The molecule has 0 spiro atoms. The highest BCUT2D eigenvalue weighted by Gasteiger charge is 2.26. The zero-order chi connectivity index (χ0) is 32.6. The first-order valence-corrected chi connectivity index (χ1v) is 15.9. The van der Waals surface area contributed by atoms with Gasteiger partial charge in [0.05, 0.1) is 30.7 Å². The fourth-order valence-electron chi connectivity index (χ4n) is 5.06. The third-order valence-corrected chi connectivity index (χ3v) is 8.96. The molecule has 4 rings (SSSR count). The Morgan fingerprint density at radius 2 is 1.53 bits per heavy atom. The molecule has 4 aromatic rings. The first-order valence-electron chi connectivity index (χ1n) is 15.9. The molecule has 1 amide bonds. The van der Waals surface area contributed by atoms with Gasteiger partial charge in [-0.15, -0.1) is 5.11 Å². The summed E-state index contributed by atoms with van der Waals surface area (Å²) >= 11 is 0. The highest BCUT2D eigenvalue weighted by molar-refractivity contribution is 6.07. The van der Waals surface area contributed by atoms with Gasteiger partial charge in [0.2, 0.25) is 0 Å². The van der Waals surface area contributed by atoms with E-state index in [1.165, 1.54) is 11.1 Å². The van der Waals surface area contributed by atoms with E-state index in [-0.39, 0.29) is 28.1 Å². The van der Waals surface area contributed by atoms with Gasteiger partial charge in [0.25, 0.3) is 5.91 Å². The normalized spacial score (nSPS) is 12.1. The van der Waals surface area contributed by atoms with Crippen molar-refractivity contribution < 1.29 is 19.4 Å². The number of hydrogen-bond donors (Lipinski definition) is 2. The van der Waals surface area contributed by atoms with Crippen LogP contribution in [0.15, 0.2) is 83.0 Å². The monoisotopic (exact) mass is 609 g/mol. The second kappa shape index (κ2) is 14.6. The van der Waals surface area contributed by atoms with Crippen molar-refractivity contribution in [2.24, 2.45) is 10.2 Å². The maximum Gasteiger partial charge on any atom is 0.255 e. The Bertz CT molecular complexity index is 1640. The van der Waals surface area contributed by atoms with Crippen LogP contribution in [-0.4, -0.2) is 31.3 Å². The van der Waals surface area contributed by atoms with Crippen LogP contribution in [0.1, 0.15) is 88.7 Å². The molecule has 0 saturated carbocycles. The molecule has 0 radical (unpaired) electrons. The number of ether oxygens (including phenoxy) is 2. The van der Waals surface area contributed by atoms with Crippen molar-refractivity contribution in [3.63, 3.8) is 0 Å². The van der Waals surface area contributed by atoms with Gasteiger partial charge in [-0.1, -0.05) is 77.9 Å². The fraction of sp³-hybridized carbons (Fsp3) is 0.395. The molecule has 4 aromatic carbocycles. The Morgan fingerprint density at radius 3 is 2.20 bits per heavy atom. The van der Waals surface area contributed by atoms with E-state index in [9.17, 15) is 9.90 Å². The lowest BCUT2D eigenvalue weighted by Gasteiger charge is -2.30. The van der Waals surface area contributed by atoms with Crippen molar-refractivity contribution in [2.45, 2.75) is 78.1 Å². The molecule has 45 heavy (non-hydrogen) atoms. The number of carbonyl (C=O) groups excluding carboxylic acids is 1. The molecule has 0 unspecified atom stereocenters. The number of rotatable bonds is 14. The molecule has 0 aliphatic rings. The molecule has 0 aliphatic carbocycles. The molecule has 2 N–H and O–H groups in total. The molecule has 0 fully saturated rings. The average Bonchev–Trinajstić information content (AvgIpc) is 3.06. The minimum Gasteiger partial charge on any atom is -0.506 e.